The highest BCUT2D eigenvalue weighted by Crippen LogP contribution is 2.19. The topological polar surface area (TPSA) is 116 Å². The molecule has 0 unspecified atom stereocenters. The van der Waals surface area contributed by atoms with Crippen molar-refractivity contribution in [3.63, 3.8) is 0 Å². The highest BCUT2D eigenvalue weighted by molar-refractivity contribution is 5.97. The van der Waals surface area contributed by atoms with Gasteiger partial charge in [0, 0.05) is 48.2 Å². The van der Waals surface area contributed by atoms with E-state index in [1.54, 1.807) is 6.92 Å². The normalized spacial score (nSPS) is 12.4. The van der Waals surface area contributed by atoms with E-state index in [-0.39, 0.29) is 45.7 Å². The van der Waals surface area contributed by atoms with Crippen LogP contribution in [0.4, 0.5) is 0 Å². The zero-order chi connectivity index (χ0) is 24.6. The number of hydrogen-bond acceptors (Lipinski definition) is 7. The molecule has 0 amide bonds. The molecular formula is C25H32Br2N4O5. The summed E-state index contributed by atoms with van der Waals surface area (Å²) < 4.78 is 8.78. The Morgan fingerprint density at radius 3 is 1.92 bits per heavy atom. The number of pyridine rings is 2. The molecule has 9 nitrogen and oxygen atoms in total. The summed E-state index contributed by atoms with van der Waals surface area (Å²) in [5.41, 5.74) is 2.62. The molecule has 2 N–H and O–H groups in total. The van der Waals surface area contributed by atoms with Gasteiger partial charge >= 0.3 is 12.6 Å². The minimum Gasteiger partial charge on any atom is -1.00 e. The van der Waals surface area contributed by atoms with Gasteiger partial charge in [-0.2, -0.15) is 0 Å². The Balaban J connectivity index is 0.000000662. The van der Waals surface area contributed by atoms with Crippen molar-refractivity contribution >= 4 is 24.2 Å². The fraction of sp³-hybridized carbons (Fsp3) is 0.360. The first-order valence-electron chi connectivity index (χ1n) is 11.3. The molecule has 0 radical (unpaired) electrons. The molecule has 0 saturated carbocycles. The van der Waals surface area contributed by atoms with E-state index in [0.717, 1.165) is 42.4 Å². The van der Waals surface area contributed by atoms with E-state index >= 15 is 0 Å². The second-order valence-electron chi connectivity index (χ2n) is 7.63. The third-order valence-corrected chi connectivity index (χ3v) is 5.08. The summed E-state index contributed by atoms with van der Waals surface area (Å²) in [6.07, 6.45) is 16.9. The first kappa shape index (κ1) is 33.1. The van der Waals surface area contributed by atoms with E-state index in [2.05, 4.69) is 10.3 Å². The molecule has 1 aliphatic rings. The number of esters is 1. The summed E-state index contributed by atoms with van der Waals surface area (Å²) in [4.78, 5) is 22.2. The minimum absolute atomic E-state index is 0. The van der Waals surface area contributed by atoms with E-state index in [1.165, 1.54) is 12.4 Å². The fourth-order valence-corrected chi connectivity index (χ4v) is 3.33. The van der Waals surface area contributed by atoms with E-state index in [4.69, 9.17) is 15.2 Å². The number of aromatic nitrogens is 2. The van der Waals surface area contributed by atoms with Gasteiger partial charge in [0.2, 0.25) is 0 Å². The third kappa shape index (κ3) is 12.7. The van der Waals surface area contributed by atoms with Crippen molar-refractivity contribution < 1.29 is 67.8 Å². The maximum Gasteiger partial charge on any atom is 0.343 e. The number of carbonyl (C=O) groups is 2. The summed E-state index contributed by atoms with van der Waals surface area (Å²) in [6, 6.07) is 7.42. The van der Waals surface area contributed by atoms with Crippen LogP contribution >= 0.6 is 0 Å². The van der Waals surface area contributed by atoms with Gasteiger partial charge in [-0.3, -0.25) is 9.59 Å². The van der Waals surface area contributed by atoms with Crippen molar-refractivity contribution in [1.82, 2.24) is 0 Å². The van der Waals surface area contributed by atoms with Crippen molar-refractivity contribution in [2.24, 2.45) is 10.3 Å². The number of oxime groups is 2. The maximum absolute atomic E-state index is 11.2. The molecular weight excluding hydrogens is 596 g/mol. The number of nitrogens with zero attached hydrogens (tertiary/aromatic N) is 4. The first-order valence-corrected chi connectivity index (χ1v) is 11.3. The number of unbranched alkanes of at least 4 members (excludes halogenated alkanes) is 1. The van der Waals surface area contributed by atoms with Gasteiger partial charge in [-0.15, -0.1) is 9.13 Å². The summed E-state index contributed by atoms with van der Waals surface area (Å²) in [6.45, 7) is 2.91. The Hall–Kier alpha value is -2.92. The molecule has 0 fully saturated rings. The molecule has 2 heterocycles. The lowest BCUT2D eigenvalue weighted by Crippen LogP contribution is -3.00. The van der Waals surface area contributed by atoms with Gasteiger partial charge in [0.15, 0.2) is 30.6 Å². The zero-order valence-electron chi connectivity index (χ0n) is 20.2. The molecule has 3 rings (SSSR count). The van der Waals surface area contributed by atoms with Crippen LogP contribution in [0.3, 0.4) is 0 Å². The summed E-state index contributed by atoms with van der Waals surface area (Å²) in [7, 11) is 0. The molecule has 0 aliphatic heterocycles. The summed E-state index contributed by atoms with van der Waals surface area (Å²) in [5, 5.41) is 22.8. The Morgan fingerprint density at radius 1 is 0.972 bits per heavy atom. The van der Waals surface area contributed by atoms with Crippen LogP contribution in [0, 0.1) is 0 Å². The van der Waals surface area contributed by atoms with Gasteiger partial charge in [-0.05, 0) is 38.2 Å². The van der Waals surface area contributed by atoms with Crippen molar-refractivity contribution in [3.05, 3.63) is 71.8 Å². The largest absolute Gasteiger partial charge is 1.00 e. The van der Waals surface area contributed by atoms with Crippen LogP contribution in [0.15, 0.2) is 71.0 Å². The summed E-state index contributed by atoms with van der Waals surface area (Å²) in [5.74, 6) is 0.148. The average Bonchev–Trinajstić information content (AvgIpc) is 3.25. The molecule has 0 aromatic carbocycles. The van der Waals surface area contributed by atoms with E-state index in [9.17, 15) is 9.59 Å². The summed E-state index contributed by atoms with van der Waals surface area (Å²) >= 11 is 0. The third-order valence-electron chi connectivity index (χ3n) is 5.08. The Kier molecular flexibility index (Phi) is 17.7. The highest BCUT2D eigenvalue weighted by Gasteiger charge is 2.14. The Labute approximate surface area is 232 Å². The van der Waals surface area contributed by atoms with Gasteiger partial charge < -0.3 is 49.1 Å². The fourth-order valence-electron chi connectivity index (χ4n) is 3.33. The van der Waals surface area contributed by atoms with E-state index in [0.29, 0.717) is 26.1 Å². The van der Waals surface area contributed by atoms with Gasteiger partial charge in [-0.1, -0.05) is 16.4 Å². The molecule has 1 aliphatic carbocycles. The average molecular weight is 628 g/mol. The maximum atomic E-state index is 11.2. The molecule has 0 spiro atoms. The molecule has 0 atom stereocenters. The van der Waals surface area contributed by atoms with Gasteiger partial charge in [0.05, 0.1) is 19.0 Å². The number of rotatable bonds is 10. The molecule has 0 saturated heterocycles. The predicted molar refractivity (Wildman–Crippen MR) is 125 cm³/mol. The van der Waals surface area contributed by atoms with Gasteiger partial charge in [0.1, 0.15) is 0 Å². The number of allylic oxidation sites excluding steroid dienone is 2. The van der Waals surface area contributed by atoms with Crippen molar-refractivity contribution in [3.8, 4) is 0 Å². The van der Waals surface area contributed by atoms with Crippen LogP contribution in [0.5, 0.6) is 0 Å². The van der Waals surface area contributed by atoms with Crippen molar-refractivity contribution in [1.29, 1.82) is 0 Å². The van der Waals surface area contributed by atoms with Crippen LogP contribution in [-0.4, -0.2) is 41.2 Å². The quantitative estimate of drug-likeness (QED) is 0.0719. The Bertz CT molecular complexity index is 957. The lowest BCUT2D eigenvalue weighted by Gasteiger charge is -2.02. The molecule has 2 aromatic heterocycles. The van der Waals surface area contributed by atoms with Gasteiger partial charge in [0.25, 0.3) is 0 Å². The van der Waals surface area contributed by atoms with Crippen LogP contribution in [-0.2, 0) is 21.0 Å². The number of ketones is 1. The molecule has 36 heavy (non-hydrogen) atoms. The lowest BCUT2D eigenvalue weighted by atomic mass is 10.1. The van der Waals surface area contributed by atoms with Crippen molar-refractivity contribution in [2.45, 2.75) is 52.1 Å². The minimum atomic E-state index is -0.135. The number of Topliss-reactive ketones (excluding diaryl/α,β-unsaturated/α-hetero) is 1. The SMILES string of the molecule is CCOC(=O)CCCCC1=CCCC1=O.O/N=C\c1cc[n+](C[n+]2ccc(/C=N\O)cc2)cc1.[Br-].[Br-]. The zero-order valence-corrected chi connectivity index (χ0v) is 23.3. The van der Waals surface area contributed by atoms with Crippen LogP contribution in [0.25, 0.3) is 0 Å². The smallest absolute Gasteiger partial charge is 0.343 e. The van der Waals surface area contributed by atoms with Crippen LogP contribution < -0.4 is 43.1 Å². The predicted octanol–water partition coefficient (Wildman–Crippen LogP) is -3.21. The van der Waals surface area contributed by atoms with Crippen LogP contribution in [0.2, 0.25) is 0 Å². The number of carbonyl (C=O) groups excluding carboxylic acids is 2. The molecule has 0 bridgehead atoms. The number of hydrogen-bond donors (Lipinski definition) is 2. The molecule has 196 valence electrons. The van der Waals surface area contributed by atoms with E-state index in [1.807, 2.05) is 64.3 Å². The van der Waals surface area contributed by atoms with Crippen molar-refractivity contribution in [2.75, 3.05) is 6.61 Å². The van der Waals surface area contributed by atoms with Gasteiger partial charge in [-0.25, -0.2) is 0 Å². The second-order valence-corrected chi connectivity index (χ2v) is 7.63. The number of halogens is 2. The van der Waals surface area contributed by atoms with Crippen LogP contribution in [0.1, 0.15) is 56.6 Å². The first-order chi connectivity index (χ1) is 16.5. The monoisotopic (exact) mass is 626 g/mol. The second kappa shape index (κ2) is 19.3. The highest BCUT2D eigenvalue weighted by atomic mass is 79.9. The molecule has 11 heteroatoms. The Morgan fingerprint density at radius 2 is 1.50 bits per heavy atom. The molecule has 2 aromatic rings. The van der Waals surface area contributed by atoms with E-state index < -0.39 is 0 Å². The lowest BCUT2D eigenvalue weighted by molar-refractivity contribution is -0.913. The number of ether oxygens (including phenoxy) is 1. The standard InChI is InChI=1S/C13H12N4O2.C12H18O3.2BrH/c18-14-9-12-1-5-16(6-2-12)11-17-7-3-13(4-8-17)10-15-19;1-2-15-12(14)9-4-3-6-10-7-5-8-11(10)13;;/h1-10H,11H2;7H,2-6,8-9H2,1H3;2*1H.